The van der Waals surface area contributed by atoms with Crippen molar-refractivity contribution < 1.29 is 0 Å². The molecule has 0 radical (unpaired) electrons. The normalized spacial score (nSPS) is 20.1. The van der Waals surface area contributed by atoms with Gasteiger partial charge >= 0.3 is 0 Å². The number of nitrogens with zero attached hydrogens (tertiary/aromatic N) is 2. The number of hydrogen-bond donors (Lipinski definition) is 0. The molecule has 16 heavy (non-hydrogen) atoms. The summed E-state index contributed by atoms with van der Waals surface area (Å²) in [5.41, 5.74) is 2.25. The molecule has 0 saturated carbocycles. The van der Waals surface area contributed by atoms with Gasteiger partial charge in [0, 0.05) is 6.42 Å². The van der Waals surface area contributed by atoms with Crippen LogP contribution in [0.4, 0.5) is 0 Å². The second-order valence-corrected chi connectivity index (χ2v) is 4.93. The van der Waals surface area contributed by atoms with Gasteiger partial charge in [-0.1, -0.05) is 46.3 Å². The molecule has 1 heterocycles. The average Bonchev–Trinajstić information content (AvgIpc) is 2.72. The Morgan fingerprint density at radius 2 is 2.19 bits per heavy atom. The number of benzene rings is 1. The van der Waals surface area contributed by atoms with Gasteiger partial charge in [0.2, 0.25) is 0 Å². The predicted octanol–water partition coefficient (Wildman–Crippen LogP) is 3.82. The van der Waals surface area contributed by atoms with Crippen molar-refractivity contribution in [1.29, 1.82) is 0 Å². The summed E-state index contributed by atoms with van der Waals surface area (Å²) >= 11 is 3.55. The molecule has 0 bridgehead atoms. The Labute approximate surface area is 102 Å². The maximum absolute atomic E-state index is 4.41. The highest BCUT2D eigenvalue weighted by molar-refractivity contribution is 9.11. The average molecular weight is 275 g/mol. The van der Waals surface area contributed by atoms with Crippen LogP contribution in [0.15, 0.2) is 53.3 Å². The van der Waals surface area contributed by atoms with Gasteiger partial charge in [-0.15, -0.1) is 0 Å². The molecule has 0 spiro atoms. The fraction of sp³-hybridized carbons (Fsp3) is 0.154. The van der Waals surface area contributed by atoms with Gasteiger partial charge in [-0.2, -0.15) is 0 Å². The van der Waals surface area contributed by atoms with E-state index < -0.39 is 0 Å². The molecule has 0 amide bonds. The number of imidazole rings is 1. The number of allylic oxidation sites excluding steroid dienone is 4. The lowest BCUT2D eigenvalue weighted by atomic mass is 10.1. The quantitative estimate of drug-likeness (QED) is 0.773. The maximum Gasteiger partial charge on any atom is 0.0964 e. The fourth-order valence-corrected chi connectivity index (χ4v) is 2.54. The summed E-state index contributed by atoms with van der Waals surface area (Å²) in [5.74, 6) is 0. The Morgan fingerprint density at radius 3 is 3.06 bits per heavy atom. The first kappa shape index (κ1) is 9.85. The molecule has 1 unspecified atom stereocenters. The minimum atomic E-state index is 0.367. The van der Waals surface area contributed by atoms with Crippen molar-refractivity contribution in [3.8, 4) is 0 Å². The van der Waals surface area contributed by atoms with Gasteiger partial charge in [-0.25, -0.2) is 4.98 Å². The lowest BCUT2D eigenvalue weighted by molar-refractivity contribution is 0.621. The van der Waals surface area contributed by atoms with E-state index >= 15 is 0 Å². The van der Waals surface area contributed by atoms with E-state index in [4.69, 9.17) is 0 Å². The van der Waals surface area contributed by atoms with Crippen LogP contribution >= 0.6 is 15.9 Å². The molecular formula is C13H11BrN2. The molecule has 1 aromatic heterocycles. The molecule has 3 heteroatoms. The van der Waals surface area contributed by atoms with Crippen molar-refractivity contribution in [3.63, 3.8) is 0 Å². The third kappa shape index (κ3) is 1.61. The molecule has 0 fully saturated rings. The van der Waals surface area contributed by atoms with E-state index in [0.29, 0.717) is 6.04 Å². The second-order valence-electron chi connectivity index (χ2n) is 3.91. The molecule has 1 aromatic carbocycles. The zero-order valence-electron chi connectivity index (χ0n) is 8.68. The van der Waals surface area contributed by atoms with Crippen LogP contribution in [0, 0.1) is 0 Å². The van der Waals surface area contributed by atoms with Crippen LogP contribution in [0.1, 0.15) is 12.5 Å². The van der Waals surface area contributed by atoms with Crippen LogP contribution in [0.5, 0.6) is 0 Å². The van der Waals surface area contributed by atoms with Crippen molar-refractivity contribution in [2.24, 2.45) is 0 Å². The third-order valence-corrected chi connectivity index (χ3v) is 3.44. The van der Waals surface area contributed by atoms with Gasteiger partial charge in [0.1, 0.15) is 0 Å². The molecule has 2 nitrogen and oxygen atoms in total. The molecule has 1 aliphatic rings. The van der Waals surface area contributed by atoms with Crippen molar-refractivity contribution in [2.75, 3.05) is 0 Å². The first-order chi connectivity index (χ1) is 7.84. The largest absolute Gasteiger partial charge is 0.323 e. The van der Waals surface area contributed by atoms with Gasteiger partial charge in [0.25, 0.3) is 0 Å². The minimum absolute atomic E-state index is 0.367. The van der Waals surface area contributed by atoms with Crippen molar-refractivity contribution >= 4 is 27.0 Å². The Hall–Kier alpha value is -1.35. The number of hydrogen-bond acceptors (Lipinski definition) is 1. The highest BCUT2D eigenvalue weighted by Crippen LogP contribution is 2.29. The summed E-state index contributed by atoms with van der Waals surface area (Å²) < 4.78 is 3.46. The van der Waals surface area contributed by atoms with Crippen LogP contribution in [0.25, 0.3) is 11.0 Å². The summed E-state index contributed by atoms with van der Waals surface area (Å²) in [4.78, 5) is 4.41. The predicted molar refractivity (Wildman–Crippen MR) is 69.5 cm³/mol. The summed E-state index contributed by atoms with van der Waals surface area (Å²) in [6.45, 7) is 0. The molecule has 1 atom stereocenters. The minimum Gasteiger partial charge on any atom is -0.323 e. The summed E-state index contributed by atoms with van der Waals surface area (Å²) in [6.07, 6.45) is 9.31. The third-order valence-electron chi connectivity index (χ3n) is 2.85. The summed E-state index contributed by atoms with van der Waals surface area (Å²) in [5, 5.41) is 0. The molecule has 0 aliphatic heterocycles. The van der Waals surface area contributed by atoms with E-state index in [2.05, 4.69) is 55.8 Å². The first-order valence-electron chi connectivity index (χ1n) is 5.29. The number of aromatic nitrogens is 2. The van der Waals surface area contributed by atoms with Crippen LogP contribution in [-0.2, 0) is 0 Å². The first-order valence-corrected chi connectivity index (χ1v) is 6.08. The van der Waals surface area contributed by atoms with E-state index in [0.717, 1.165) is 11.9 Å². The Balaban J connectivity index is 2.07. The lowest BCUT2D eigenvalue weighted by Gasteiger charge is -2.17. The zero-order valence-corrected chi connectivity index (χ0v) is 10.3. The van der Waals surface area contributed by atoms with Crippen molar-refractivity contribution in [1.82, 2.24) is 9.55 Å². The van der Waals surface area contributed by atoms with Crippen LogP contribution < -0.4 is 0 Å². The van der Waals surface area contributed by atoms with Crippen LogP contribution in [-0.4, -0.2) is 9.55 Å². The summed E-state index contributed by atoms with van der Waals surface area (Å²) in [7, 11) is 0. The van der Waals surface area contributed by atoms with Crippen LogP contribution in [0.2, 0.25) is 0 Å². The molecule has 1 aliphatic carbocycles. The number of rotatable bonds is 1. The highest BCUT2D eigenvalue weighted by Gasteiger charge is 2.13. The van der Waals surface area contributed by atoms with Crippen LogP contribution in [0.3, 0.4) is 0 Å². The van der Waals surface area contributed by atoms with Gasteiger partial charge in [0.15, 0.2) is 0 Å². The van der Waals surface area contributed by atoms with E-state index in [1.54, 1.807) is 0 Å². The van der Waals surface area contributed by atoms with Crippen molar-refractivity contribution in [3.05, 3.63) is 53.3 Å². The number of halogens is 1. The van der Waals surface area contributed by atoms with Gasteiger partial charge in [-0.05, 0) is 16.6 Å². The van der Waals surface area contributed by atoms with Gasteiger partial charge in [0.05, 0.1) is 23.4 Å². The molecule has 80 valence electrons. The SMILES string of the molecule is BrC1=CC=CC(n2cnc3ccccc32)C1. The van der Waals surface area contributed by atoms with E-state index in [-0.39, 0.29) is 0 Å². The Morgan fingerprint density at radius 1 is 1.31 bits per heavy atom. The van der Waals surface area contributed by atoms with E-state index in [9.17, 15) is 0 Å². The van der Waals surface area contributed by atoms with Gasteiger partial charge < -0.3 is 4.57 Å². The number of fused-ring (bicyclic) bond motifs is 1. The maximum atomic E-state index is 4.41. The summed E-state index contributed by atoms with van der Waals surface area (Å²) in [6, 6.07) is 8.60. The van der Waals surface area contributed by atoms with E-state index in [1.807, 2.05) is 18.5 Å². The molecule has 2 aromatic rings. The molecule has 0 saturated heterocycles. The lowest BCUT2D eigenvalue weighted by Crippen LogP contribution is -2.06. The van der Waals surface area contributed by atoms with Gasteiger partial charge in [-0.3, -0.25) is 0 Å². The fourth-order valence-electron chi connectivity index (χ4n) is 2.06. The molecule has 0 N–H and O–H groups in total. The molecule has 3 rings (SSSR count). The second kappa shape index (κ2) is 3.91. The Kier molecular flexibility index (Phi) is 2.40. The monoisotopic (exact) mass is 274 g/mol. The number of para-hydroxylation sites is 2. The standard InChI is InChI=1S/C13H11BrN2/c14-10-4-3-5-11(8-10)16-9-15-12-6-1-2-7-13(12)16/h1-7,9,11H,8H2. The highest BCUT2D eigenvalue weighted by atomic mass is 79.9. The smallest absolute Gasteiger partial charge is 0.0964 e. The zero-order chi connectivity index (χ0) is 11.0. The molecular weight excluding hydrogens is 264 g/mol. The Bertz CT molecular complexity index is 580. The van der Waals surface area contributed by atoms with Crippen molar-refractivity contribution in [2.45, 2.75) is 12.5 Å². The van der Waals surface area contributed by atoms with E-state index in [1.165, 1.54) is 10.00 Å². The topological polar surface area (TPSA) is 17.8 Å².